The second kappa shape index (κ2) is 8.01. The van der Waals surface area contributed by atoms with E-state index in [9.17, 15) is 0 Å². The molecule has 0 fully saturated rings. The first-order valence-corrected chi connectivity index (χ1v) is 6.36. The van der Waals surface area contributed by atoms with Crippen molar-refractivity contribution < 1.29 is 4.74 Å². The van der Waals surface area contributed by atoms with Crippen LogP contribution in [0, 0.1) is 0 Å². The lowest BCUT2D eigenvalue weighted by Crippen LogP contribution is -2.27. The van der Waals surface area contributed by atoms with Crippen molar-refractivity contribution in [1.29, 1.82) is 0 Å². The van der Waals surface area contributed by atoms with E-state index in [0.29, 0.717) is 0 Å². The average molecular weight is 237 g/mol. The highest BCUT2D eigenvalue weighted by atomic mass is 16.5. The molecule has 0 aliphatic carbocycles. The van der Waals surface area contributed by atoms with E-state index in [1.165, 1.54) is 12.8 Å². The predicted octanol–water partition coefficient (Wildman–Crippen LogP) is 2.29. The van der Waals surface area contributed by atoms with Gasteiger partial charge in [0.2, 0.25) is 0 Å². The summed E-state index contributed by atoms with van der Waals surface area (Å²) in [6, 6.07) is 2.09. The first-order valence-electron chi connectivity index (χ1n) is 6.36. The number of ether oxygens (including phenoxy) is 1. The normalized spacial score (nSPS) is 10.5. The summed E-state index contributed by atoms with van der Waals surface area (Å²) < 4.78 is 5.11. The van der Waals surface area contributed by atoms with E-state index in [-0.39, 0.29) is 0 Å². The highest BCUT2D eigenvalue weighted by Gasteiger charge is 2.06. The molecule has 0 aliphatic heterocycles. The molecule has 0 saturated heterocycles. The summed E-state index contributed by atoms with van der Waals surface area (Å²) in [6.45, 7) is 6.86. The Morgan fingerprint density at radius 1 is 1.29 bits per heavy atom. The molecule has 0 aliphatic rings. The Hall–Kier alpha value is -1.16. The molecule has 1 rings (SSSR count). The summed E-state index contributed by atoms with van der Waals surface area (Å²) in [7, 11) is 1.72. The van der Waals surface area contributed by atoms with Crippen molar-refractivity contribution in [2.75, 3.05) is 31.7 Å². The third kappa shape index (κ3) is 4.69. The van der Waals surface area contributed by atoms with Crippen molar-refractivity contribution in [3.05, 3.63) is 18.1 Å². The van der Waals surface area contributed by atoms with E-state index in [1.54, 1.807) is 13.4 Å². The second-order valence-corrected chi connectivity index (χ2v) is 4.04. The quantitative estimate of drug-likeness (QED) is 0.695. The van der Waals surface area contributed by atoms with E-state index in [4.69, 9.17) is 4.74 Å². The monoisotopic (exact) mass is 237 g/mol. The maximum Gasteiger partial charge on any atom is 0.132 e. The fourth-order valence-electron chi connectivity index (χ4n) is 1.69. The highest BCUT2D eigenvalue weighted by molar-refractivity contribution is 5.38. The molecule has 0 unspecified atom stereocenters. The van der Waals surface area contributed by atoms with Crippen LogP contribution in [0.25, 0.3) is 0 Å². The van der Waals surface area contributed by atoms with Crippen LogP contribution in [-0.4, -0.2) is 36.8 Å². The Morgan fingerprint density at radius 2 is 2.12 bits per heavy atom. The summed E-state index contributed by atoms with van der Waals surface area (Å²) in [5, 5.41) is 0. The largest absolute Gasteiger partial charge is 0.383 e. The van der Waals surface area contributed by atoms with Crippen LogP contribution in [0.3, 0.4) is 0 Å². The van der Waals surface area contributed by atoms with Gasteiger partial charge in [0, 0.05) is 32.0 Å². The highest BCUT2D eigenvalue weighted by Crippen LogP contribution is 2.12. The zero-order valence-corrected chi connectivity index (χ0v) is 11.1. The number of likely N-dealkylation sites (N-methyl/N-ethyl adjacent to an activating group) is 1. The number of hydrogen-bond donors (Lipinski definition) is 0. The van der Waals surface area contributed by atoms with Gasteiger partial charge in [0.25, 0.3) is 0 Å². The fourth-order valence-corrected chi connectivity index (χ4v) is 1.69. The van der Waals surface area contributed by atoms with Crippen molar-refractivity contribution in [2.24, 2.45) is 0 Å². The lowest BCUT2D eigenvalue weighted by molar-refractivity contribution is 0.205. The molecular formula is C13H23N3O. The lowest BCUT2D eigenvalue weighted by atomic mass is 10.2. The minimum Gasteiger partial charge on any atom is -0.383 e. The maximum absolute atomic E-state index is 5.11. The number of unbranched alkanes of at least 4 members (excludes halogenated alkanes) is 1. The number of methoxy groups -OCH3 is 1. The Morgan fingerprint density at radius 3 is 2.76 bits per heavy atom. The molecule has 0 N–H and O–H groups in total. The lowest BCUT2D eigenvalue weighted by Gasteiger charge is -2.21. The summed E-state index contributed by atoms with van der Waals surface area (Å²) in [4.78, 5) is 10.8. The molecule has 0 radical (unpaired) electrons. The Balaban J connectivity index is 2.66. The molecule has 0 aromatic carbocycles. The Labute approximate surface area is 104 Å². The van der Waals surface area contributed by atoms with Crippen molar-refractivity contribution in [3.63, 3.8) is 0 Å². The summed E-state index contributed by atoms with van der Waals surface area (Å²) >= 11 is 0. The number of anilines is 1. The zero-order valence-electron chi connectivity index (χ0n) is 11.1. The van der Waals surface area contributed by atoms with Gasteiger partial charge >= 0.3 is 0 Å². The Kier molecular flexibility index (Phi) is 6.55. The van der Waals surface area contributed by atoms with Crippen LogP contribution in [0.1, 0.15) is 32.4 Å². The van der Waals surface area contributed by atoms with E-state index in [1.807, 2.05) is 0 Å². The maximum atomic E-state index is 5.11. The van der Waals surface area contributed by atoms with E-state index in [0.717, 1.165) is 37.6 Å². The topological polar surface area (TPSA) is 38.2 Å². The van der Waals surface area contributed by atoms with E-state index in [2.05, 4.69) is 34.8 Å². The number of rotatable bonds is 8. The van der Waals surface area contributed by atoms with Gasteiger partial charge in [-0.15, -0.1) is 0 Å². The molecule has 4 nitrogen and oxygen atoms in total. The van der Waals surface area contributed by atoms with Gasteiger partial charge in [-0.2, -0.15) is 0 Å². The molecule has 0 saturated carbocycles. The van der Waals surface area contributed by atoms with Gasteiger partial charge in [0.05, 0.1) is 6.61 Å². The van der Waals surface area contributed by atoms with Gasteiger partial charge in [-0.05, 0) is 19.8 Å². The first kappa shape index (κ1) is 13.9. The molecule has 0 atom stereocenters. The third-order valence-electron chi connectivity index (χ3n) is 2.77. The van der Waals surface area contributed by atoms with Gasteiger partial charge in [0.1, 0.15) is 12.1 Å². The Bertz CT molecular complexity index is 317. The van der Waals surface area contributed by atoms with Crippen molar-refractivity contribution in [2.45, 2.75) is 33.1 Å². The van der Waals surface area contributed by atoms with Crippen molar-refractivity contribution in [3.8, 4) is 0 Å². The van der Waals surface area contributed by atoms with Gasteiger partial charge in [-0.25, -0.2) is 9.97 Å². The third-order valence-corrected chi connectivity index (χ3v) is 2.77. The number of aryl methyl sites for hydroxylation is 1. The second-order valence-electron chi connectivity index (χ2n) is 4.04. The molecule has 0 bridgehead atoms. The van der Waals surface area contributed by atoms with Crippen LogP contribution in [0.4, 0.5) is 5.82 Å². The molecule has 17 heavy (non-hydrogen) atoms. The number of nitrogens with zero attached hydrogens (tertiary/aromatic N) is 3. The summed E-state index contributed by atoms with van der Waals surface area (Å²) in [5.41, 5.74) is 1.13. The summed E-state index contributed by atoms with van der Waals surface area (Å²) in [6.07, 6.45) is 5.07. The number of aromatic nitrogens is 2. The molecule has 1 aromatic heterocycles. The summed E-state index contributed by atoms with van der Waals surface area (Å²) in [5.74, 6) is 1.01. The van der Waals surface area contributed by atoms with E-state index < -0.39 is 0 Å². The zero-order chi connectivity index (χ0) is 12.5. The van der Waals surface area contributed by atoms with Crippen LogP contribution in [-0.2, 0) is 11.2 Å². The molecule has 96 valence electrons. The van der Waals surface area contributed by atoms with Gasteiger partial charge in [0.15, 0.2) is 0 Å². The van der Waals surface area contributed by atoms with Crippen molar-refractivity contribution in [1.82, 2.24) is 9.97 Å². The van der Waals surface area contributed by atoms with Crippen LogP contribution in [0.2, 0.25) is 0 Å². The van der Waals surface area contributed by atoms with Crippen LogP contribution >= 0.6 is 0 Å². The van der Waals surface area contributed by atoms with Crippen LogP contribution in [0.15, 0.2) is 12.4 Å². The van der Waals surface area contributed by atoms with Gasteiger partial charge < -0.3 is 9.64 Å². The van der Waals surface area contributed by atoms with Crippen LogP contribution < -0.4 is 4.90 Å². The molecule has 0 amide bonds. The van der Waals surface area contributed by atoms with Crippen molar-refractivity contribution >= 4 is 5.82 Å². The molecule has 1 aromatic rings. The molecule has 0 spiro atoms. The minimum absolute atomic E-state index is 0.724. The SMILES string of the molecule is CCCCc1cc(N(CC)CCOC)ncn1. The standard InChI is InChI=1S/C13H23N3O/c1-4-6-7-12-10-13(15-11-14-12)16(5-2)8-9-17-3/h10-11H,4-9H2,1-3H3. The smallest absolute Gasteiger partial charge is 0.132 e. The van der Waals surface area contributed by atoms with Gasteiger partial charge in [-0.3, -0.25) is 0 Å². The van der Waals surface area contributed by atoms with Crippen LogP contribution in [0.5, 0.6) is 0 Å². The predicted molar refractivity (Wildman–Crippen MR) is 70.4 cm³/mol. The molecule has 1 heterocycles. The first-order chi connectivity index (χ1) is 8.31. The molecular weight excluding hydrogens is 214 g/mol. The number of hydrogen-bond acceptors (Lipinski definition) is 4. The average Bonchev–Trinajstić information content (AvgIpc) is 2.38. The molecule has 4 heteroatoms. The van der Waals surface area contributed by atoms with Gasteiger partial charge in [-0.1, -0.05) is 13.3 Å². The minimum atomic E-state index is 0.724. The fraction of sp³-hybridized carbons (Fsp3) is 0.692. The van der Waals surface area contributed by atoms with E-state index >= 15 is 0 Å².